The maximum atomic E-state index is 11.8. The lowest BCUT2D eigenvalue weighted by Gasteiger charge is -2.02. The molecule has 0 aliphatic carbocycles. The van der Waals surface area contributed by atoms with Gasteiger partial charge in [-0.15, -0.1) is 0 Å². The Morgan fingerprint density at radius 1 is 1.36 bits per heavy atom. The third-order valence-corrected chi connectivity index (χ3v) is 3.83. The molecule has 0 aliphatic heterocycles. The second kappa shape index (κ2) is 7.80. The summed E-state index contributed by atoms with van der Waals surface area (Å²) in [6.45, 7) is 2.52. The highest BCUT2D eigenvalue weighted by Crippen LogP contribution is 2.19. The number of aromatic nitrogens is 2. The Morgan fingerprint density at radius 2 is 2.09 bits per heavy atom. The average molecular weight is 318 g/mol. The fourth-order valence-electron chi connectivity index (χ4n) is 2.20. The lowest BCUT2D eigenvalue weighted by Crippen LogP contribution is -2.22. The van der Waals surface area contributed by atoms with Gasteiger partial charge >= 0.3 is 0 Å². The van der Waals surface area contributed by atoms with Gasteiger partial charge in [-0.3, -0.25) is 9.48 Å². The molecule has 1 aromatic carbocycles. The van der Waals surface area contributed by atoms with Crippen LogP contribution in [0.2, 0.25) is 5.15 Å². The number of carbonyl (C=O) groups excluding carboxylic acids is 1. The third-order valence-electron chi connectivity index (χ3n) is 3.38. The molecule has 0 aliphatic rings. The Balaban J connectivity index is 1.77. The minimum atomic E-state index is -0.118. The van der Waals surface area contributed by atoms with E-state index in [2.05, 4.69) is 22.5 Å². The normalized spacial score (nSPS) is 11.0. The molecule has 4 nitrogen and oxygen atoms in total. The molecular formula is C17H20ClN3O. The van der Waals surface area contributed by atoms with Gasteiger partial charge in [0.2, 0.25) is 5.91 Å². The monoisotopic (exact) mass is 317 g/mol. The van der Waals surface area contributed by atoms with Gasteiger partial charge in [0.1, 0.15) is 5.15 Å². The molecule has 0 atom stereocenters. The molecule has 5 heteroatoms. The van der Waals surface area contributed by atoms with Crippen molar-refractivity contribution in [2.24, 2.45) is 7.05 Å². The van der Waals surface area contributed by atoms with E-state index in [1.54, 1.807) is 17.8 Å². The lowest BCUT2D eigenvalue weighted by atomic mass is 10.1. The van der Waals surface area contributed by atoms with Crippen LogP contribution in [0.25, 0.3) is 6.08 Å². The van der Waals surface area contributed by atoms with Crippen LogP contribution in [0.4, 0.5) is 0 Å². The number of amides is 1. The Kier molecular flexibility index (Phi) is 5.78. The van der Waals surface area contributed by atoms with E-state index in [0.717, 1.165) is 24.1 Å². The van der Waals surface area contributed by atoms with Crippen LogP contribution in [0.5, 0.6) is 0 Å². The number of carbonyl (C=O) groups is 1. The Labute approximate surface area is 135 Å². The average Bonchev–Trinajstić information content (AvgIpc) is 2.76. The summed E-state index contributed by atoms with van der Waals surface area (Å²) in [5.41, 5.74) is 2.87. The van der Waals surface area contributed by atoms with Crippen molar-refractivity contribution in [3.8, 4) is 0 Å². The molecule has 1 N–H and O–H groups in total. The SMILES string of the molecule is Cc1nn(C)c(Cl)c1/C=C/C(=O)NCCCc1ccccc1. The number of rotatable bonds is 6. The van der Waals surface area contributed by atoms with E-state index >= 15 is 0 Å². The van der Waals surface area contributed by atoms with E-state index in [9.17, 15) is 4.79 Å². The van der Waals surface area contributed by atoms with Gasteiger partial charge in [-0.1, -0.05) is 41.9 Å². The van der Waals surface area contributed by atoms with Crippen LogP contribution < -0.4 is 5.32 Å². The van der Waals surface area contributed by atoms with Crippen molar-refractivity contribution in [3.05, 3.63) is 58.4 Å². The summed E-state index contributed by atoms with van der Waals surface area (Å²) < 4.78 is 1.59. The smallest absolute Gasteiger partial charge is 0.244 e. The Hall–Kier alpha value is -2.07. The van der Waals surface area contributed by atoms with Crippen LogP contribution in [0.15, 0.2) is 36.4 Å². The quantitative estimate of drug-likeness (QED) is 0.657. The number of nitrogens with zero attached hydrogens (tertiary/aromatic N) is 2. The molecule has 1 heterocycles. The van der Waals surface area contributed by atoms with Gasteiger partial charge in [-0.2, -0.15) is 5.10 Å². The van der Waals surface area contributed by atoms with Crippen molar-refractivity contribution in [3.63, 3.8) is 0 Å². The van der Waals surface area contributed by atoms with Crippen molar-refractivity contribution in [2.45, 2.75) is 19.8 Å². The molecule has 0 saturated heterocycles. The number of benzene rings is 1. The summed E-state index contributed by atoms with van der Waals surface area (Å²) in [4.78, 5) is 11.8. The number of hydrogen-bond acceptors (Lipinski definition) is 2. The van der Waals surface area contributed by atoms with Gasteiger partial charge in [0, 0.05) is 25.2 Å². The van der Waals surface area contributed by atoms with E-state index in [4.69, 9.17) is 11.6 Å². The largest absolute Gasteiger partial charge is 0.353 e. The predicted octanol–water partition coefficient (Wildman–Crippen LogP) is 3.14. The number of nitrogens with one attached hydrogen (secondary N) is 1. The standard InChI is InChI=1S/C17H20ClN3O/c1-13-15(17(18)21(2)20-13)10-11-16(22)19-12-6-9-14-7-4-3-5-8-14/h3-5,7-8,10-11H,6,9,12H2,1-2H3,(H,19,22)/b11-10+. The summed E-state index contributed by atoms with van der Waals surface area (Å²) in [7, 11) is 1.77. The van der Waals surface area contributed by atoms with Crippen LogP contribution in [0, 0.1) is 6.92 Å². The van der Waals surface area contributed by atoms with E-state index in [1.807, 2.05) is 25.1 Å². The highest BCUT2D eigenvalue weighted by Gasteiger charge is 2.08. The maximum Gasteiger partial charge on any atom is 0.244 e. The molecule has 0 bridgehead atoms. The van der Waals surface area contributed by atoms with Gasteiger partial charge in [-0.25, -0.2) is 0 Å². The van der Waals surface area contributed by atoms with Crippen LogP contribution in [0.3, 0.4) is 0 Å². The van der Waals surface area contributed by atoms with E-state index in [0.29, 0.717) is 11.7 Å². The highest BCUT2D eigenvalue weighted by atomic mass is 35.5. The molecule has 22 heavy (non-hydrogen) atoms. The summed E-state index contributed by atoms with van der Waals surface area (Å²) in [6, 6.07) is 10.2. The fraction of sp³-hybridized carbons (Fsp3) is 0.294. The minimum Gasteiger partial charge on any atom is -0.353 e. The fourth-order valence-corrected chi connectivity index (χ4v) is 2.44. The zero-order chi connectivity index (χ0) is 15.9. The molecule has 0 fully saturated rings. The first-order chi connectivity index (χ1) is 10.6. The van der Waals surface area contributed by atoms with E-state index in [1.165, 1.54) is 11.6 Å². The number of aryl methyl sites for hydroxylation is 3. The lowest BCUT2D eigenvalue weighted by molar-refractivity contribution is -0.116. The molecule has 0 spiro atoms. The van der Waals surface area contributed by atoms with Crippen molar-refractivity contribution < 1.29 is 4.79 Å². The summed E-state index contributed by atoms with van der Waals surface area (Å²) in [6.07, 6.45) is 5.07. The van der Waals surface area contributed by atoms with Gasteiger partial charge in [0.05, 0.1) is 5.69 Å². The van der Waals surface area contributed by atoms with Gasteiger partial charge in [-0.05, 0) is 31.4 Å². The first-order valence-electron chi connectivity index (χ1n) is 7.27. The molecule has 116 valence electrons. The van der Waals surface area contributed by atoms with Gasteiger partial charge < -0.3 is 5.32 Å². The Bertz CT molecular complexity index is 662. The summed E-state index contributed by atoms with van der Waals surface area (Å²) in [5, 5.41) is 7.61. The molecule has 1 amide bonds. The number of hydrogen-bond donors (Lipinski definition) is 1. The van der Waals surface area contributed by atoms with Crippen molar-refractivity contribution in [2.75, 3.05) is 6.54 Å². The number of halogens is 1. The first kappa shape index (κ1) is 16.3. The second-order valence-electron chi connectivity index (χ2n) is 5.13. The van der Waals surface area contributed by atoms with Crippen LogP contribution in [-0.2, 0) is 18.3 Å². The molecular weight excluding hydrogens is 298 g/mol. The second-order valence-corrected chi connectivity index (χ2v) is 5.49. The van der Waals surface area contributed by atoms with Gasteiger partial charge in [0.15, 0.2) is 0 Å². The molecule has 0 unspecified atom stereocenters. The molecule has 1 aromatic heterocycles. The molecule has 2 rings (SSSR count). The molecule has 0 saturated carbocycles. The van der Waals surface area contributed by atoms with Crippen molar-refractivity contribution in [1.29, 1.82) is 0 Å². The highest BCUT2D eigenvalue weighted by molar-refractivity contribution is 6.31. The van der Waals surface area contributed by atoms with E-state index in [-0.39, 0.29) is 5.91 Å². The topological polar surface area (TPSA) is 46.9 Å². The van der Waals surface area contributed by atoms with Gasteiger partial charge in [0.25, 0.3) is 0 Å². The van der Waals surface area contributed by atoms with Crippen LogP contribution in [-0.4, -0.2) is 22.2 Å². The van der Waals surface area contributed by atoms with Crippen molar-refractivity contribution >= 4 is 23.6 Å². The predicted molar refractivity (Wildman–Crippen MR) is 89.8 cm³/mol. The van der Waals surface area contributed by atoms with E-state index < -0.39 is 0 Å². The Morgan fingerprint density at radius 3 is 2.73 bits per heavy atom. The maximum absolute atomic E-state index is 11.8. The van der Waals surface area contributed by atoms with Crippen LogP contribution in [0.1, 0.15) is 23.2 Å². The minimum absolute atomic E-state index is 0.118. The third kappa shape index (κ3) is 4.46. The summed E-state index contributed by atoms with van der Waals surface area (Å²) >= 11 is 6.11. The molecule has 2 aromatic rings. The zero-order valence-corrected chi connectivity index (χ0v) is 13.6. The summed E-state index contributed by atoms with van der Waals surface area (Å²) in [5.74, 6) is -0.118. The first-order valence-corrected chi connectivity index (χ1v) is 7.64. The van der Waals surface area contributed by atoms with Crippen molar-refractivity contribution in [1.82, 2.24) is 15.1 Å². The van der Waals surface area contributed by atoms with Crippen LogP contribution >= 0.6 is 11.6 Å². The zero-order valence-electron chi connectivity index (χ0n) is 12.8. The molecule has 0 radical (unpaired) electrons.